The number of pyridine rings is 1. The first kappa shape index (κ1) is 23.6. The molecule has 1 aliphatic heterocycles. The molecule has 2 N–H and O–H groups in total. The summed E-state index contributed by atoms with van der Waals surface area (Å²) in [6.07, 6.45) is 2.77. The third-order valence-electron chi connectivity index (χ3n) is 6.28. The molecular formula is C29H23N3O3S. The van der Waals surface area contributed by atoms with Gasteiger partial charge in [-0.1, -0.05) is 42.5 Å². The number of anilines is 1. The van der Waals surface area contributed by atoms with Gasteiger partial charge in [-0.05, 0) is 64.7 Å². The molecule has 0 spiro atoms. The van der Waals surface area contributed by atoms with Crippen LogP contribution in [0.4, 0.5) is 5.69 Å². The molecule has 1 saturated heterocycles. The summed E-state index contributed by atoms with van der Waals surface area (Å²) in [5.74, 6) is 0.474. The molecule has 0 unspecified atom stereocenters. The van der Waals surface area contributed by atoms with Crippen LogP contribution in [-0.4, -0.2) is 32.1 Å². The second-order valence-corrected chi connectivity index (χ2v) is 9.71. The van der Waals surface area contributed by atoms with Gasteiger partial charge in [-0.25, -0.2) is 0 Å². The van der Waals surface area contributed by atoms with Crippen molar-refractivity contribution in [3.05, 3.63) is 114 Å². The summed E-state index contributed by atoms with van der Waals surface area (Å²) in [5, 5.41) is 29.1. The highest BCUT2D eigenvalue weighted by molar-refractivity contribution is 8.00. The van der Waals surface area contributed by atoms with E-state index in [9.17, 15) is 15.0 Å². The number of aliphatic hydroxyl groups excluding tert-OH is 1. The minimum atomic E-state index is -0.760. The van der Waals surface area contributed by atoms with E-state index in [1.807, 2.05) is 48.5 Å². The Bertz CT molecular complexity index is 1390. The Hall–Kier alpha value is -4.12. The number of aliphatic hydroxyl groups is 1. The number of phenolic OH excluding ortho intramolecular Hbond substituents is 1. The average Bonchev–Trinajstić information content (AvgIpc) is 2.93. The number of amides is 1. The molecule has 3 atom stereocenters. The highest BCUT2D eigenvalue weighted by atomic mass is 32.2. The van der Waals surface area contributed by atoms with Gasteiger partial charge in [-0.3, -0.25) is 9.78 Å². The topological polar surface area (TPSA) is 97.5 Å². The van der Waals surface area contributed by atoms with E-state index in [0.717, 1.165) is 22.4 Å². The van der Waals surface area contributed by atoms with Crippen LogP contribution in [0, 0.1) is 11.3 Å². The maximum atomic E-state index is 13.3. The number of benzene rings is 3. The minimum absolute atomic E-state index is 0.0285. The molecule has 0 aliphatic carbocycles. The second kappa shape index (κ2) is 10.2. The largest absolute Gasteiger partial charge is 0.508 e. The van der Waals surface area contributed by atoms with Gasteiger partial charge in [0.05, 0.1) is 23.8 Å². The lowest BCUT2D eigenvalue weighted by atomic mass is 9.92. The zero-order valence-electron chi connectivity index (χ0n) is 19.2. The van der Waals surface area contributed by atoms with Crippen LogP contribution in [0.1, 0.15) is 28.8 Å². The van der Waals surface area contributed by atoms with E-state index in [2.05, 4.69) is 11.1 Å². The van der Waals surface area contributed by atoms with E-state index in [0.29, 0.717) is 16.9 Å². The number of phenols is 1. The number of β-lactam (4-membered cyclic amide) rings is 1. The normalized spacial score (nSPS) is 17.8. The fraction of sp³-hybridized carbons (Fsp3) is 0.138. The SMILES string of the molecule is N#Cc1ccc([C@@H](O)CS[C@H]2C(=O)N(c3ccc(-c4cccnc4)cc3)[C@H]2c2ccc(O)cc2)cc1. The third-order valence-corrected chi connectivity index (χ3v) is 7.61. The molecule has 5 rings (SSSR count). The number of rotatable bonds is 7. The van der Waals surface area contributed by atoms with E-state index in [1.54, 1.807) is 53.7 Å². The fourth-order valence-corrected chi connectivity index (χ4v) is 5.63. The van der Waals surface area contributed by atoms with Gasteiger partial charge >= 0.3 is 0 Å². The van der Waals surface area contributed by atoms with Crippen molar-refractivity contribution in [1.82, 2.24) is 4.98 Å². The van der Waals surface area contributed by atoms with Gasteiger partial charge in [0.2, 0.25) is 5.91 Å². The molecule has 2 heterocycles. The zero-order chi connectivity index (χ0) is 25.1. The van der Waals surface area contributed by atoms with Gasteiger partial charge in [-0.2, -0.15) is 5.26 Å². The molecule has 3 aromatic carbocycles. The Kier molecular flexibility index (Phi) is 6.72. The predicted octanol–water partition coefficient (Wildman–Crippen LogP) is 5.25. The lowest BCUT2D eigenvalue weighted by Gasteiger charge is -2.47. The highest BCUT2D eigenvalue weighted by Crippen LogP contribution is 2.46. The summed E-state index contributed by atoms with van der Waals surface area (Å²) in [4.78, 5) is 19.3. The molecule has 178 valence electrons. The number of aromatic hydroxyl groups is 1. The van der Waals surface area contributed by atoms with Gasteiger partial charge in [0, 0.05) is 23.8 Å². The van der Waals surface area contributed by atoms with Crippen molar-refractivity contribution in [1.29, 1.82) is 5.26 Å². The maximum Gasteiger partial charge on any atom is 0.243 e. The Labute approximate surface area is 213 Å². The molecule has 36 heavy (non-hydrogen) atoms. The van der Waals surface area contributed by atoms with Gasteiger partial charge in [0.25, 0.3) is 0 Å². The minimum Gasteiger partial charge on any atom is -0.508 e. The Morgan fingerprint density at radius 1 is 0.972 bits per heavy atom. The molecule has 1 aliphatic rings. The zero-order valence-corrected chi connectivity index (χ0v) is 20.0. The van der Waals surface area contributed by atoms with E-state index >= 15 is 0 Å². The quantitative estimate of drug-likeness (QED) is 0.341. The Morgan fingerprint density at radius 3 is 2.33 bits per heavy atom. The molecule has 1 fully saturated rings. The van der Waals surface area contributed by atoms with Crippen LogP contribution in [0.2, 0.25) is 0 Å². The maximum absolute atomic E-state index is 13.3. The van der Waals surface area contributed by atoms with Crippen molar-refractivity contribution in [2.45, 2.75) is 17.4 Å². The number of nitrogens with zero attached hydrogens (tertiary/aromatic N) is 3. The third kappa shape index (κ3) is 4.69. The van der Waals surface area contributed by atoms with Gasteiger partial charge in [-0.15, -0.1) is 11.8 Å². The van der Waals surface area contributed by atoms with Crippen LogP contribution < -0.4 is 4.90 Å². The van der Waals surface area contributed by atoms with E-state index in [-0.39, 0.29) is 22.9 Å². The van der Waals surface area contributed by atoms with E-state index in [4.69, 9.17) is 5.26 Å². The summed E-state index contributed by atoms with van der Waals surface area (Å²) in [6, 6.07) is 27.2. The molecular weight excluding hydrogens is 470 g/mol. The number of hydrogen-bond acceptors (Lipinski definition) is 6. The van der Waals surface area contributed by atoms with Crippen molar-refractivity contribution >= 4 is 23.4 Å². The van der Waals surface area contributed by atoms with E-state index in [1.165, 1.54) is 11.8 Å². The van der Waals surface area contributed by atoms with Crippen molar-refractivity contribution in [3.63, 3.8) is 0 Å². The van der Waals surface area contributed by atoms with Gasteiger partial charge in [0.1, 0.15) is 11.0 Å². The first-order chi connectivity index (χ1) is 17.5. The lowest BCUT2D eigenvalue weighted by Crippen LogP contribution is -2.57. The number of hydrogen-bond donors (Lipinski definition) is 2. The second-order valence-electron chi connectivity index (χ2n) is 8.54. The molecule has 1 amide bonds. The van der Waals surface area contributed by atoms with Crippen molar-refractivity contribution in [2.24, 2.45) is 0 Å². The molecule has 0 saturated carbocycles. The van der Waals surface area contributed by atoms with Crippen LogP contribution >= 0.6 is 11.8 Å². The number of aromatic nitrogens is 1. The lowest BCUT2D eigenvalue weighted by molar-refractivity contribution is -0.123. The predicted molar refractivity (Wildman–Crippen MR) is 140 cm³/mol. The summed E-state index contributed by atoms with van der Waals surface area (Å²) in [5.41, 5.74) is 4.95. The number of carbonyl (C=O) groups is 1. The molecule has 4 aromatic rings. The van der Waals surface area contributed by atoms with Crippen LogP contribution in [0.25, 0.3) is 11.1 Å². The van der Waals surface area contributed by atoms with Crippen LogP contribution in [0.5, 0.6) is 5.75 Å². The van der Waals surface area contributed by atoms with Crippen molar-refractivity contribution in [3.8, 4) is 22.9 Å². The molecule has 0 bridgehead atoms. The Morgan fingerprint density at radius 2 is 1.69 bits per heavy atom. The monoisotopic (exact) mass is 493 g/mol. The first-order valence-corrected chi connectivity index (χ1v) is 12.5. The van der Waals surface area contributed by atoms with Crippen LogP contribution in [0.15, 0.2) is 97.3 Å². The first-order valence-electron chi connectivity index (χ1n) is 11.5. The van der Waals surface area contributed by atoms with Crippen LogP contribution in [-0.2, 0) is 4.79 Å². The van der Waals surface area contributed by atoms with Crippen LogP contribution in [0.3, 0.4) is 0 Å². The summed E-state index contributed by atoms with van der Waals surface area (Å²) in [7, 11) is 0. The molecule has 7 heteroatoms. The average molecular weight is 494 g/mol. The summed E-state index contributed by atoms with van der Waals surface area (Å²) >= 11 is 1.41. The Balaban J connectivity index is 1.36. The van der Waals surface area contributed by atoms with Gasteiger partial charge in [0.15, 0.2) is 0 Å². The van der Waals surface area contributed by atoms with Gasteiger partial charge < -0.3 is 15.1 Å². The fourth-order valence-electron chi connectivity index (χ4n) is 4.33. The summed E-state index contributed by atoms with van der Waals surface area (Å²) < 4.78 is 0. The molecule has 6 nitrogen and oxygen atoms in total. The summed E-state index contributed by atoms with van der Waals surface area (Å²) in [6.45, 7) is 0. The van der Waals surface area contributed by atoms with E-state index < -0.39 is 6.10 Å². The smallest absolute Gasteiger partial charge is 0.243 e. The molecule has 1 aromatic heterocycles. The van der Waals surface area contributed by atoms with Crippen molar-refractivity contribution < 1.29 is 15.0 Å². The highest BCUT2D eigenvalue weighted by Gasteiger charge is 2.49. The number of carbonyl (C=O) groups excluding carboxylic acids is 1. The molecule has 0 radical (unpaired) electrons. The van der Waals surface area contributed by atoms with Crippen molar-refractivity contribution in [2.75, 3.05) is 10.7 Å². The number of nitriles is 1. The number of thioether (sulfide) groups is 1. The standard InChI is InChI=1S/C29H23N3O3S/c30-16-19-3-5-21(6-4-19)26(34)18-36-28-27(22-9-13-25(33)14-10-22)32(29(28)35)24-11-7-20(8-12-24)23-2-1-15-31-17-23/h1-15,17,26-28,33-34H,18H2/t26-,27-,28+/m0/s1.